The van der Waals surface area contributed by atoms with E-state index in [4.69, 9.17) is 27.4 Å². The molecule has 17 heteroatoms. The van der Waals surface area contributed by atoms with Gasteiger partial charge in [0, 0.05) is 77.7 Å². The smallest absolute Gasteiger partial charge is 0.662 e. The quantitative estimate of drug-likeness (QED) is 0.0208. The number of unbranched alkanes of at least 4 members (excludes halogenated alkanes) is 2. The molecule has 15 nitrogen and oxygen atoms in total. The number of benzene rings is 2. The fourth-order valence-electron chi connectivity index (χ4n) is 5.19. The van der Waals surface area contributed by atoms with Crippen molar-refractivity contribution in [1.82, 2.24) is 19.9 Å². The van der Waals surface area contributed by atoms with Gasteiger partial charge in [0.05, 0.1) is 42.0 Å². The summed E-state index contributed by atoms with van der Waals surface area (Å²) in [4.78, 5) is 72.8. The van der Waals surface area contributed by atoms with Gasteiger partial charge in [-0.1, -0.05) is 19.6 Å². The first-order valence-corrected chi connectivity index (χ1v) is 17.4. The first kappa shape index (κ1) is 49.7. The molecule has 0 aliphatic rings. The summed E-state index contributed by atoms with van der Waals surface area (Å²) >= 11 is 5.07. The second kappa shape index (κ2) is 27.3. The average Bonchev–Trinajstić information content (AvgIpc) is 3.21. The summed E-state index contributed by atoms with van der Waals surface area (Å²) in [6, 6.07) is 19.2. The van der Waals surface area contributed by atoms with Crippen LogP contribution < -0.4 is 45.9 Å². The van der Waals surface area contributed by atoms with E-state index < -0.39 is 0 Å². The number of methoxy groups -OCH3 is 2. The van der Waals surface area contributed by atoms with E-state index in [1.54, 1.807) is 24.8 Å². The number of ether oxygens (including phenoxy) is 2. The number of carbonyl (C=O) groups excluding carboxylic acids is 5. The van der Waals surface area contributed by atoms with Crippen LogP contribution in [0.15, 0.2) is 85.5 Å². The second-order valence-electron chi connectivity index (χ2n) is 11.5. The summed E-state index contributed by atoms with van der Waals surface area (Å²) in [5.41, 5.74) is 10.8. The van der Waals surface area contributed by atoms with Crippen molar-refractivity contribution in [3.8, 4) is 0 Å². The van der Waals surface area contributed by atoms with E-state index in [1.807, 2.05) is 60.7 Å². The summed E-state index contributed by atoms with van der Waals surface area (Å²) in [5.74, 6) is -0.579. The molecule has 3 N–H and O–H groups in total. The van der Waals surface area contributed by atoms with Gasteiger partial charge in [0.2, 0.25) is 11.1 Å². The molecular formula is C40H44ClN6NaO9. The number of anilines is 2. The maximum absolute atomic E-state index is 12.2. The van der Waals surface area contributed by atoms with Crippen LogP contribution in [0.5, 0.6) is 0 Å². The minimum Gasteiger partial charge on any atom is -0.662 e. The van der Waals surface area contributed by atoms with Crippen molar-refractivity contribution in [2.45, 2.75) is 58.8 Å². The Morgan fingerprint density at radius 2 is 1.12 bits per heavy atom. The Bertz CT molecular complexity index is 2230. The second-order valence-corrected chi connectivity index (χ2v) is 11.9. The van der Waals surface area contributed by atoms with Crippen LogP contribution in [0.2, 0.25) is 0 Å². The van der Waals surface area contributed by atoms with Crippen molar-refractivity contribution in [3.63, 3.8) is 0 Å². The van der Waals surface area contributed by atoms with Gasteiger partial charge in [-0.3, -0.25) is 43.9 Å². The van der Waals surface area contributed by atoms with Gasteiger partial charge in [-0.15, -0.1) is 0 Å². The molecular weight excluding hydrogens is 767 g/mol. The minimum atomic E-state index is -0.352. The summed E-state index contributed by atoms with van der Waals surface area (Å²) in [6.45, 7) is -0.181. The van der Waals surface area contributed by atoms with Crippen LogP contribution in [0.25, 0.3) is 43.6 Å². The minimum absolute atomic E-state index is 0. The number of nitrogens with zero attached hydrogens (tertiary/aromatic N) is 4. The van der Waals surface area contributed by atoms with Crippen LogP contribution >= 0.6 is 11.6 Å². The van der Waals surface area contributed by atoms with Crippen LogP contribution in [0, 0.1) is 0 Å². The molecule has 6 rings (SSSR count). The van der Waals surface area contributed by atoms with E-state index in [0.717, 1.165) is 55.0 Å². The van der Waals surface area contributed by atoms with Crippen molar-refractivity contribution in [2.24, 2.45) is 0 Å². The molecule has 1 amide bonds. The van der Waals surface area contributed by atoms with Gasteiger partial charge in [-0.05, 0) is 85.8 Å². The van der Waals surface area contributed by atoms with Crippen LogP contribution in [0.1, 0.15) is 58.8 Å². The van der Waals surface area contributed by atoms with E-state index in [-0.39, 0.29) is 66.5 Å². The monoisotopic (exact) mass is 810 g/mol. The number of nitrogens with two attached hydrogens (primary N) is 1. The first-order chi connectivity index (χ1) is 26.6. The number of amides is 1. The Kier molecular flexibility index (Phi) is 23.8. The predicted octanol–water partition coefficient (Wildman–Crippen LogP) is 3.38. The number of fused-ring (bicyclic) bond motifs is 6. The van der Waals surface area contributed by atoms with Gasteiger partial charge in [0.15, 0.2) is 0 Å². The van der Waals surface area contributed by atoms with E-state index in [1.165, 1.54) is 14.2 Å². The van der Waals surface area contributed by atoms with Crippen molar-refractivity contribution < 1.29 is 73.1 Å². The molecule has 4 aromatic heterocycles. The molecule has 0 unspecified atom stereocenters. The SMILES string of the molecule is C.COC(=O)CCCCC(=O)Cl.COC(=O)CCCCC(=O)Nc1cc2cccnc2c2ncccc12.Nc1cc2cccnc2c2ncccc12.O=CO[O-].[Na+]. The summed E-state index contributed by atoms with van der Waals surface area (Å²) < 4.78 is 8.99. The van der Waals surface area contributed by atoms with E-state index in [2.05, 4.69) is 39.6 Å². The third kappa shape index (κ3) is 16.4. The molecule has 6 aromatic rings. The molecule has 0 aliphatic carbocycles. The van der Waals surface area contributed by atoms with E-state index >= 15 is 0 Å². The molecule has 4 heterocycles. The number of hydrogen-bond donors (Lipinski definition) is 2. The number of nitrogens with one attached hydrogen (secondary N) is 1. The maximum atomic E-state index is 12.2. The van der Waals surface area contributed by atoms with Crippen LogP contribution in [0.4, 0.5) is 11.4 Å². The Morgan fingerprint density at radius 3 is 1.61 bits per heavy atom. The van der Waals surface area contributed by atoms with Gasteiger partial charge in [-0.2, -0.15) is 0 Å². The number of rotatable bonds is 12. The largest absolute Gasteiger partial charge is 1.00 e. The average molecular weight is 811 g/mol. The Balaban J connectivity index is 0.000000434. The van der Waals surface area contributed by atoms with Crippen molar-refractivity contribution in [1.29, 1.82) is 0 Å². The maximum Gasteiger partial charge on any atom is 1.00 e. The standard InChI is InChI=1S/C19H19N3O3.C12H9N3.C7H11ClO3.CH2O3.CH4.Na/c1-25-17(24)9-3-2-8-16(23)22-15-12-13-6-4-10-20-18(13)19-14(15)7-5-11-21-19;13-10-7-8-3-1-5-14-11(8)12-9(10)4-2-6-15-12;1-11-7(10)5-3-2-4-6(8)9;2-1-4-3;;/h4-7,10-12H,2-3,8-9H2,1H3,(H,22,23);1-7H,13H2;2-5H2,1H3;1,3H;1H4;/q;;;;;+1/p-1. The summed E-state index contributed by atoms with van der Waals surface area (Å²) in [7, 11) is 2.71. The van der Waals surface area contributed by atoms with Crippen molar-refractivity contribution in [2.75, 3.05) is 25.3 Å². The van der Waals surface area contributed by atoms with Crippen LogP contribution in [0.3, 0.4) is 0 Å². The van der Waals surface area contributed by atoms with E-state index in [0.29, 0.717) is 51.4 Å². The third-order valence-corrected chi connectivity index (χ3v) is 7.95. The molecule has 0 saturated heterocycles. The fourth-order valence-corrected chi connectivity index (χ4v) is 5.32. The van der Waals surface area contributed by atoms with Gasteiger partial charge in [-0.25, -0.2) is 0 Å². The Hall–Kier alpha value is -5.32. The zero-order chi connectivity index (χ0) is 40.0. The molecule has 0 aliphatic heterocycles. The van der Waals surface area contributed by atoms with Crippen LogP contribution in [-0.4, -0.2) is 63.7 Å². The third-order valence-electron chi connectivity index (χ3n) is 7.76. The molecule has 296 valence electrons. The fraction of sp³-hybridized carbons (Fsp3) is 0.275. The molecule has 0 bridgehead atoms. The topological polar surface area (TPSA) is 226 Å². The molecule has 0 fully saturated rings. The summed E-state index contributed by atoms with van der Waals surface area (Å²) in [6.07, 6.45) is 10.9. The number of hydrogen-bond acceptors (Lipinski definition) is 14. The zero-order valence-corrected chi connectivity index (χ0v) is 34.0. The number of esters is 2. The number of carbonyl (C=O) groups is 5. The first-order valence-electron chi connectivity index (χ1n) is 17.0. The summed E-state index contributed by atoms with van der Waals surface area (Å²) in [5, 5.41) is 14.8. The number of halogens is 1. The number of nitrogen functional groups attached to an aromatic ring is 1. The number of aromatic nitrogens is 4. The molecule has 57 heavy (non-hydrogen) atoms. The molecule has 2 aromatic carbocycles. The molecule has 0 spiro atoms. The molecule has 0 saturated carbocycles. The normalized spacial score (nSPS) is 9.75. The Labute approximate surface area is 356 Å². The van der Waals surface area contributed by atoms with Gasteiger partial charge in [0.1, 0.15) is 0 Å². The number of pyridine rings is 4. The van der Waals surface area contributed by atoms with Gasteiger partial charge >= 0.3 is 41.5 Å². The predicted molar refractivity (Wildman–Crippen MR) is 213 cm³/mol. The van der Waals surface area contributed by atoms with Crippen molar-refractivity contribution >= 4 is 96.1 Å². The van der Waals surface area contributed by atoms with Gasteiger partial charge in [0.25, 0.3) is 6.47 Å². The molecule has 0 radical (unpaired) electrons. The van der Waals surface area contributed by atoms with E-state index in [9.17, 15) is 19.2 Å². The zero-order valence-electron chi connectivity index (χ0n) is 31.2. The van der Waals surface area contributed by atoms with Gasteiger partial charge < -0.3 is 30.7 Å². The van der Waals surface area contributed by atoms with Crippen LogP contribution in [-0.2, 0) is 38.3 Å². The van der Waals surface area contributed by atoms with Crippen molar-refractivity contribution in [3.05, 3.63) is 85.5 Å². The molecule has 0 atom stereocenters. The Morgan fingerprint density at radius 1 is 0.702 bits per heavy atom.